The third kappa shape index (κ3) is 2.04. The lowest BCUT2D eigenvalue weighted by molar-refractivity contribution is -0.385. The quantitative estimate of drug-likeness (QED) is 0.605. The van der Waals surface area contributed by atoms with E-state index in [-0.39, 0.29) is 17.0 Å². The number of carbonyl (C=O) groups is 1. The van der Waals surface area contributed by atoms with Crippen LogP contribution in [0.15, 0.2) is 12.1 Å². The molecule has 1 aromatic rings. The molecule has 0 bridgehead atoms. The lowest BCUT2D eigenvalue weighted by Crippen LogP contribution is -2.02. The zero-order valence-corrected chi connectivity index (χ0v) is 8.18. The van der Waals surface area contributed by atoms with Crippen molar-refractivity contribution >= 4 is 11.7 Å². The Morgan fingerprint density at radius 3 is 2.53 bits per heavy atom. The average molecular weight is 211 g/mol. The highest BCUT2D eigenvalue weighted by Crippen LogP contribution is 2.31. The molecule has 0 aliphatic heterocycles. The third-order valence-electron chi connectivity index (χ3n) is 1.90. The minimum Gasteiger partial charge on any atom is -0.490 e. The van der Waals surface area contributed by atoms with Crippen molar-refractivity contribution in [3.63, 3.8) is 0 Å². The number of nitro groups is 1. The fourth-order valence-electron chi connectivity index (χ4n) is 1.28. The van der Waals surface area contributed by atoms with E-state index in [9.17, 15) is 14.9 Å². The highest BCUT2D eigenvalue weighted by molar-refractivity contribution is 5.89. The SMILES string of the molecule is COc1c(C)cc(C(=O)O)cc1[N+](=O)[O-]. The number of methoxy groups -OCH3 is 1. The van der Waals surface area contributed by atoms with Gasteiger partial charge < -0.3 is 9.84 Å². The van der Waals surface area contributed by atoms with E-state index in [1.54, 1.807) is 6.92 Å². The normalized spacial score (nSPS) is 9.73. The van der Waals surface area contributed by atoms with Gasteiger partial charge in [-0.25, -0.2) is 4.79 Å². The van der Waals surface area contributed by atoms with Gasteiger partial charge in [0, 0.05) is 6.07 Å². The first kappa shape index (κ1) is 11.0. The summed E-state index contributed by atoms with van der Waals surface area (Å²) in [5.41, 5.74) is -0.0426. The van der Waals surface area contributed by atoms with Crippen molar-refractivity contribution in [3.05, 3.63) is 33.4 Å². The molecule has 0 atom stereocenters. The van der Waals surface area contributed by atoms with Gasteiger partial charge in [0.15, 0.2) is 5.75 Å². The average Bonchev–Trinajstić information content (AvgIpc) is 2.16. The molecule has 0 spiro atoms. The Hall–Kier alpha value is -2.11. The highest BCUT2D eigenvalue weighted by atomic mass is 16.6. The number of aryl methyl sites for hydroxylation is 1. The summed E-state index contributed by atoms with van der Waals surface area (Å²) in [5, 5.41) is 19.4. The number of carboxylic acid groups (broad SMARTS) is 1. The third-order valence-corrected chi connectivity index (χ3v) is 1.90. The summed E-state index contributed by atoms with van der Waals surface area (Å²) in [5.74, 6) is -1.12. The van der Waals surface area contributed by atoms with E-state index in [1.807, 2.05) is 0 Å². The molecule has 6 heteroatoms. The molecule has 0 heterocycles. The van der Waals surface area contributed by atoms with E-state index >= 15 is 0 Å². The van der Waals surface area contributed by atoms with Crippen LogP contribution in [0.4, 0.5) is 5.69 Å². The molecule has 1 rings (SSSR count). The largest absolute Gasteiger partial charge is 0.490 e. The van der Waals surface area contributed by atoms with Crippen LogP contribution in [-0.4, -0.2) is 23.1 Å². The van der Waals surface area contributed by atoms with Crippen LogP contribution in [0.5, 0.6) is 5.75 Å². The van der Waals surface area contributed by atoms with Crippen molar-refractivity contribution < 1.29 is 19.6 Å². The molecule has 1 N–H and O–H groups in total. The topological polar surface area (TPSA) is 89.7 Å². The second-order valence-electron chi connectivity index (χ2n) is 2.91. The van der Waals surface area contributed by atoms with Crippen LogP contribution in [0.1, 0.15) is 15.9 Å². The number of benzene rings is 1. The minimum atomic E-state index is -1.20. The summed E-state index contributed by atoms with van der Waals surface area (Å²) in [7, 11) is 1.30. The molecular weight excluding hydrogens is 202 g/mol. The summed E-state index contributed by atoms with van der Waals surface area (Å²) >= 11 is 0. The van der Waals surface area contributed by atoms with Crippen LogP contribution in [0.3, 0.4) is 0 Å². The van der Waals surface area contributed by atoms with Gasteiger partial charge in [-0.2, -0.15) is 0 Å². The van der Waals surface area contributed by atoms with Crippen molar-refractivity contribution in [1.82, 2.24) is 0 Å². The number of nitrogens with zero attached hydrogens (tertiary/aromatic N) is 1. The first-order valence-corrected chi connectivity index (χ1v) is 4.03. The van der Waals surface area contributed by atoms with Crippen LogP contribution in [0.2, 0.25) is 0 Å². The Morgan fingerprint density at radius 2 is 2.13 bits per heavy atom. The first-order chi connectivity index (χ1) is 6.97. The van der Waals surface area contributed by atoms with E-state index in [4.69, 9.17) is 9.84 Å². The summed E-state index contributed by atoms with van der Waals surface area (Å²) < 4.78 is 4.84. The van der Waals surface area contributed by atoms with Gasteiger partial charge >= 0.3 is 11.7 Å². The molecule has 0 aliphatic rings. The zero-order chi connectivity index (χ0) is 11.6. The van der Waals surface area contributed by atoms with Gasteiger partial charge in [0.05, 0.1) is 17.6 Å². The second-order valence-corrected chi connectivity index (χ2v) is 2.91. The molecule has 0 unspecified atom stereocenters. The summed E-state index contributed by atoms with van der Waals surface area (Å²) in [6, 6.07) is 2.31. The van der Waals surface area contributed by atoms with Gasteiger partial charge in [-0.3, -0.25) is 10.1 Å². The molecule has 0 saturated heterocycles. The number of rotatable bonds is 3. The van der Waals surface area contributed by atoms with Crippen molar-refractivity contribution in [2.45, 2.75) is 6.92 Å². The first-order valence-electron chi connectivity index (χ1n) is 4.03. The molecule has 0 fully saturated rings. The summed E-state index contributed by atoms with van der Waals surface area (Å²) in [4.78, 5) is 20.6. The Morgan fingerprint density at radius 1 is 1.53 bits per heavy atom. The minimum absolute atomic E-state index is 0.0880. The van der Waals surface area contributed by atoms with Gasteiger partial charge in [-0.15, -0.1) is 0 Å². The van der Waals surface area contributed by atoms with Crippen LogP contribution in [-0.2, 0) is 0 Å². The van der Waals surface area contributed by atoms with E-state index in [1.165, 1.54) is 13.2 Å². The maximum absolute atomic E-state index is 10.7. The van der Waals surface area contributed by atoms with Gasteiger partial charge in [0.25, 0.3) is 0 Å². The van der Waals surface area contributed by atoms with Crippen LogP contribution in [0, 0.1) is 17.0 Å². The predicted molar refractivity (Wildman–Crippen MR) is 51.3 cm³/mol. The number of hydrogen-bond acceptors (Lipinski definition) is 4. The zero-order valence-electron chi connectivity index (χ0n) is 8.18. The lowest BCUT2D eigenvalue weighted by Gasteiger charge is -2.06. The Kier molecular flexibility index (Phi) is 2.89. The Balaban J connectivity index is 3.45. The van der Waals surface area contributed by atoms with Crippen LogP contribution in [0.25, 0.3) is 0 Å². The van der Waals surface area contributed by atoms with Crippen LogP contribution >= 0.6 is 0 Å². The van der Waals surface area contributed by atoms with Crippen molar-refractivity contribution in [1.29, 1.82) is 0 Å². The molecule has 0 radical (unpaired) electrons. The standard InChI is InChI=1S/C9H9NO5/c1-5-3-6(9(11)12)4-7(10(13)14)8(5)15-2/h3-4H,1-2H3,(H,11,12). The lowest BCUT2D eigenvalue weighted by atomic mass is 10.1. The molecule has 0 amide bonds. The van der Waals surface area contributed by atoms with Gasteiger partial charge in [-0.05, 0) is 18.6 Å². The molecule has 15 heavy (non-hydrogen) atoms. The van der Waals surface area contributed by atoms with E-state index < -0.39 is 10.9 Å². The molecule has 0 aliphatic carbocycles. The molecule has 1 aromatic carbocycles. The van der Waals surface area contributed by atoms with Crippen LogP contribution < -0.4 is 4.74 Å². The molecule has 6 nitrogen and oxygen atoms in total. The Bertz CT molecular complexity index is 427. The molecule has 80 valence electrons. The molecule has 0 aromatic heterocycles. The van der Waals surface area contributed by atoms with Gasteiger partial charge in [0.1, 0.15) is 0 Å². The van der Waals surface area contributed by atoms with Crippen molar-refractivity contribution in [2.75, 3.05) is 7.11 Å². The van der Waals surface area contributed by atoms with Crippen molar-refractivity contribution in [3.8, 4) is 5.75 Å². The molecular formula is C9H9NO5. The van der Waals surface area contributed by atoms with Crippen molar-refractivity contribution in [2.24, 2.45) is 0 Å². The number of hydrogen-bond donors (Lipinski definition) is 1. The second kappa shape index (κ2) is 3.95. The van der Waals surface area contributed by atoms with E-state index in [0.29, 0.717) is 5.56 Å². The summed E-state index contributed by atoms with van der Waals surface area (Å²) in [6.07, 6.45) is 0. The highest BCUT2D eigenvalue weighted by Gasteiger charge is 2.20. The number of ether oxygens (including phenoxy) is 1. The maximum Gasteiger partial charge on any atom is 0.335 e. The number of aromatic carboxylic acids is 1. The number of nitro benzene ring substituents is 1. The van der Waals surface area contributed by atoms with E-state index in [0.717, 1.165) is 6.07 Å². The van der Waals surface area contributed by atoms with Gasteiger partial charge in [0.2, 0.25) is 0 Å². The predicted octanol–water partition coefficient (Wildman–Crippen LogP) is 1.61. The monoisotopic (exact) mass is 211 g/mol. The maximum atomic E-state index is 10.7. The molecule has 0 saturated carbocycles. The fraction of sp³-hybridized carbons (Fsp3) is 0.222. The Labute approximate surface area is 85.2 Å². The van der Waals surface area contributed by atoms with E-state index in [2.05, 4.69) is 0 Å². The van der Waals surface area contributed by atoms with Gasteiger partial charge in [-0.1, -0.05) is 0 Å². The fourth-order valence-corrected chi connectivity index (χ4v) is 1.28. The summed E-state index contributed by atoms with van der Waals surface area (Å²) in [6.45, 7) is 1.55. The number of carboxylic acids is 1. The smallest absolute Gasteiger partial charge is 0.335 e.